The smallest absolute Gasteiger partial charge is 0.217 e. The van der Waals surface area contributed by atoms with Crippen molar-refractivity contribution in [3.63, 3.8) is 0 Å². The summed E-state index contributed by atoms with van der Waals surface area (Å²) in [6.45, 7) is 4.65. The lowest BCUT2D eigenvalue weighted by Crippen LogP contribution is -2.71. The summed E-state index contributed by atoms with van der Waals surface area (Å²) in [6, 6.07) is 108. The van der Waals surface area contributed by atoms with Gasteiger partial charge in [0.05, 0.1) is 92.0 Å². The van der Waals surface area contributed by atoms with Crippen LogP contribution in [-0.4, -0.2) is 148 Å². The van der Waals surface area contributed by atoms with Crippen LogP contribution in [0.3, 0.4) is 0 Å². The minimum atomic E-state index is -1.48. The molecule has 5 fully saturated rings. The summed E-state index contributed by atoms with van der Waals surface area (Å²) >= 11 is 0. The first-order valence-corrected chi connectivity index (χ1v) is 42.9. The van der Waals surface area contributed by atoms with E-state index in [0.29, 0.717) is 0 Å². The average Bonchev–Trinajstić information content (AvgIpc) is 0.757. The second-order valence-electron chi connectivity index (χ2n) is 31.7. The zero-order valence-electron chi connectivity index (χ0n) is 69.7. The molecule has 5 aliphatic heterocycles. The van der Waals surface area contributed by atoms with Crippen LogP contribution < -0.4 is 5.32 Å². The van der Waals surface area contributed by atoms with Crippen LogP contribution in [0.5, 0.6) is 0 Å². The summed E-state index contributed by atoms with van der Waals surface area (Å²) < 4.78 is 139. The van der Waals surface area contributed by atoms with Crippen molar-refractivity contribution in [1.82, 2.24) is 5.32 Å². The van der Waals surface area contributed by atoms with E-state index in [4.69, 9.17) is 90.0 Å². The monoisotopic (exact) mass is 1680 g/mol. The topological polar surface area (TPSA) is 204 Å². The molecule has 124 heavy (non-hydrogen) atoms. The summed E-state index contributed by atoms with van der Waals surface area (Å²) in [6.07, 6.45) is -21.5. The zero-order chi connectivity index (χ0) is 84.3. The van der Waals surface area contributed by atoms with Crippen LogP contribution in [0, 0.1) is 0 Å². The van der Waals surface area contributed by atoms with Crippen molar-refractivity contribution in [3.8, 4) is 0 Å². The third-order valence-electron chi connectivity index (χ3n) is 22.6. The summed E-state index contributed by atoms with van der Waals surface area (Å²) in [7, 11) is 0. The number of rotatable bonds is 40. The number of nitrogens with one attached hydrogen (secondary N) is 1. The van der Waals surface area contributed by atoms with Crippen molar-refractivity contribution in [2.24, 2.45) is 0 Å². The Morgan fingerprint density at radius 1 is 0.290 bits per heavy atom. The van der Waals surface area contributed by atoms with Gasteiger partial charge in [0.25, 0.3) is 0 Å². The predicted molar refractivity (Wildman–Crippen MR) is 461 cm³/mol. The maximum Gasteiger partial charge on any atom is 0.217 e. The molecule has 21 heteroatoms. The predicted octanol–water partition coefficient (Wildman–Crippen LogP) is 16.4. The molecule has 5 saturated heterocycles. The van der Waals surface area contributed by atoms with E-state index >= 15 is 0 Å². The van der Waals surface area contributed by atoms with Gasteiger partial charge in [-0.05, 0) is 62.6 Å². The van der Waals surface area contributed by atoms with Crippen LogP contribution >= 0.6 is 0 Å². The van der Waals surface area contributed by atoms with Gasteiger partial charge in [0.2, 0.25) is 5.91 Å². The summed E-state index contributed by atoms with van der Waals surface area (Å²) in [5.74, 6) is -0.447. The van der Waals surface area contributed by atoms with Crippen molar-refractivity contribution in [2.45, 2.75) is 209 Å². The molecule has 5 heterocycles. The fourth-order valence-electron chi connectivity index (χ4n) is 16.3. The Morgan fingerprint density at radius 2 is 0.589 bits per heavy atom. The first-order chi connectivity index (χ1) is 61.2. The van der Waals surface area contributed by atoms with Crippen LogP contribution in [0.2, 0.25) is 0 Å². The van der Waals surface area contributed by atoms with Gasteiger partial charge in [-0.2, -0.15) is 0 Å². The van der Waals surface area contributed by atoms with Gasteiger partial charge in [0, 0.05) is 12.5 Å². The second-order valence-corrected chi connectivity index (χ2v) is 31.7. The normalized spacial score (nSPS) is 27.5. The van der Waals surface area contributed by atoms with Crippen molar-refractivity contribution >= 4 is 5.91 Å². The first kappa shape index (κ1) is 87.6. The molecule has 0 radical (unpaired) electrons. The van der Waals surface area contributed by atoms with Gasteiger partial charge in [-0.15, -0.1) is 0 Å². The Balaban J connectivity index is 0.829. The lowest BCUT2D eigenvalue weighted by atomic mass is 9.93. The van der Waals surface area contributed by atoms with Crippen molar-refractivity contribution in [1.29, 1.82) is 0 Å². The lowest BCUT2D eigenvalue weighted by Gasteiger charge is -2.54. The number of amides is 1. The van der Waals surface area contributed by atoms with Crippen LogP contribution in [-0.2, 0) is 161 Å². The molecular weight excluding hydrogens is 1570 g/mol. The van der Waals surface area contributed by atoms with Crippen molar-refractivity contribution < 1.29 is 94.8 Å². The number of hydrogen-bond acceptors (Lipinski definition) is 20. The minimum absolute atomic E-state index is 0.00310. The highest BCUT2D eigenvalue weighted by atomic mass is 16.8. The summed E-state index contributed by atoms with van der Waals surface area (Å²) in [5.41, 5.74) is 9.73. The maximum absolute atomic E-state index is 14.8. The number of carbonyl (C=O) groups excluding carboxylic acids is 1. The van der Waals surface area contributed by atoms with Crippen molar-refractivity contribution in [2.75, 3.05) is 19.8 Å². The quantitative estimate of drug-likeness (QED) is 0.0379. The number of hydrogen-bond donors (Lipinski definition) is 1. The molecule has 16 rings (SSSR count). The van der Waals surface area contributed by atoms with E-state index in [9.17, 15) is 4.79 Å². The SMILES string of the molecule is CC(=O)N[C@H]1[C@H](O[C@H]2[C@@H](OCc3ccccc3)[C@@H](COCc3ccccc3)O[C@@H](O[C@H]3[C@H](OCc4ccccc4)[C@@H](OCc4ccccc4)[C@H](OCc4ccccc4)O[C@@H]3COCc3ccccc3)[C@@H]2OCc2ccccc2)O[C@@H]2CO[C@@H](c3ccccc3)O[C@H]2[C@@H]1O[C@@H]1O[C@@H](C)[C@@H](OCc2ccccc2)[C@@H](OCc2ccccc2)[C@@H]1OCc1ccccc1. The maximum atomic E-state index is 14.8. The molecule has 11 aromatic carbocycles. The average molecular weight is 1680 g/mol. The molecule has 21 nitrogen and oxygen atoms in total. The molecule has 11 aromatic rings. The molecule has 0 spiro atoms. The van der Waals surface area contributed by atoms with E-state index in [-0.39, 0.29) is 85.9 Å². The highest BCUT2D eigenvalue weighted by Gasteiger charge is 2.60. The van der Waals surface area contributed by atoms with Gasteiger partial charge in [-0.1, -0.05) is 334 Å². The van der Waals surface area contributed by atoms with Gasteiger partial charge >= 0.3 is 0 Å². The molecule has 0 aromatic heterocycles. The van der Waals surface area contributed by atoms with Gasteiger partial charge in [0.15, 0.2) is 31.5 Å². The zero-order valence-corrected chi connectivity index (χ0v) is 69.7. The molecule has 0 aliphatic carbocycles. The van der Waals surface area contributed by atoms with Crippen LogP contribution in [0.15, 0.2) is 334 Å². The van der Waals surface area contributed by atoms with E-state index in [0.717, 1.165) is 61.2 Å². The highest BCUT2D eigenvalue weighted by molar-refractivity contribution is 5.73. The Labute approximate surface area is 725 Å². The van der Waals surface area contributed by atoms with E-state index < -0.39 is 135 Å². The molecule has 1 amide bonds. The first-order valence-electron chi connectivity index (χ1n) is 42.9. The molecule has 1 N–H and O–H groups in total. The lowest BCUT2D eigenvalue weighted by molar-refractivity contribution is -0.405. The second kappa shape index (κ2) is 45.3. The Bertz CT molecular complexity index is 4870. The Kier molecular flexibility index (Phi) is 32.0. The number of ether oxygens (including phenoxy) is 19. The third kappa shape index (κ3) is 24.2. The van der Waals surface area contributed by atoms with E-state index in [2.05, 4.69) is 5.32 Å². The summed E-state index contributed by atoms with van der Waals surface area (Å²) in [4.78, 5) is 14.8. The number of fused-ring (bicyclic) bond motifs is 1. The molecular formula is C103H109NO20. The van der Waals surface area contributed by atoms with E-state index in [1.165, 1.54) is 6.92 Å². The molecule has 0 saturated carbocycles. The molecule has 0 bridgehead atoms. The van der Waals surface area contributed by atoms with Gasteiger partial charge in [0.1, 0.15) is 91.5 Å². The molecule has 0 unspecified atom stereocenters. The number of benzene rings is 11. The van der Waals surface area contributed by atoms with Crippen molar-refractivity contribution in [3.05, 3.63) is 395 Å². The van der Waals surface area contributed by atoms with Gasteiger partial charge < -0.3 is 95.3 Å². The Hall–Kier alpha value is -9.87. The fourth-order valence-corrected chi connectivity index (χ4v) is 16.3. The van der Waals surface area contributed by atoms with Gasteiger partial charge in [-0.25, -0.2) is 0 Å². The van der Waals surface area contributed by atoms with Crippen LogP contribution in [0.25, 0.3) is 0 Å². The molecule has 646 valence electrons. The summed E-state index contributed by atoms with van der Waals surface area (Å²) in [5, 5.41) is 3.32. The molecule has 21 atom stereocenters. The molecule has 5 aliphatic rings. The van der Waals surface area contributed by atoms with Crippen LogP contribution in [0.4, 0.5) is 0 Å². The third-order valence-corrected chi connectivity index (χ3v) is 22.6. The van der Waals surface area contributed by atoms with E-state index in [1.54, 1.807) is 0 Å². The fraction of sp³-hybridized carbons (Fsp3) is 0.350. The Morgan fingerprint density at radius 3 is 0.992 bits per heavy atom. The standard InChI is InChI=1S/C103H109NO20/c1-71-88(108-60-75-40-18-5-19-41-75)93(110-62-77-44-22-7-23-45-77)97(113-65-80-50-28-10-29-51-80)102(117-71)123-92-87(104-72(2)105)100(118-86-70-116-99(121-90(86)92)83-56-34-13-35-57-83)124-95-89(109-61-76-42-20-6-21-43-76)84(68-106-58-73-36-14-3-15-37-73)120-103(98(95)114-66-81-52-30-11-31-53-81)122-91-85(69-107-59-74-38-16-4-17-39-74)119-101(115-67-82-54-32-12-33-55-82)96(112-64-79-48-26-9-27-49-79)94(91)111-63-78-46-24-8-25-47-78/h3-57,71,84-103H,58-70H2,1-2H3,(H,104,105)/t71-,84+,85+,86+,87+,88+,89-,90+,91+,92+,93+,94-,95-,96+,97-,98+,99+,100-,101+,102-,103-/m0/s1. The van der Waals surface area contributed by atoms with Gasteiger partial charge in [-0.3, -0.25) is 4.79 Å². The highest BCUT2D eigenvalue weighted by Crippen LogP contribution is 2.43. The van der Waals surface area contributed by atoms with Crippen LogP contribution in [0.1, 0.15) is 81.3 Å². The van der Waals surface area contributed by atoms with E-state index in [1.807, 2.05) is 341 Å². The minimum Gasteiger partial charge on any atom is -0.374 e. The number of carbonyl (C=O) groups is 1. The largest absolute Gasteiger partial charge is 0.374 e.